The lowest BCUT2D eigenvalue weighted by Gasteiger charge is -2.13. The van der Waals surface area contributed by atoms with Crippen molar-refractivity contribution in [3.8, 4) is 6.07 Å². The molecule has 0 fully saturated rings. The number of alkyl halides is 3. The van der Waals surface area contributed by atoms with Gasteiger partial charge in [-0.3, -0.25) is 4.68 Å². The zero-order valence-electron chi connectivity index (χ0n) is 13.7. The molecule has 0 saturated heterocycles. The fraction of sp³-hybridized carbons (Fsp3) is 0.158. The van der Waals surface area contributed by atoms with E-state index in [1.54, 1.807) is 16.9 Å². The molecule has 1 N–H and O–H groups in total. The third-order valence-electron chi connectivity index (χ3n) is 3.84. The molecule has 4 nitrogen and oxygen atoms in total. The van der Waals surface area contributed by atoms with Crippen LogP contribution < -0.4 is 5.32 Å². The van der Waals surface area contributed by atoms with E-state index in [0.717, 1.165) is 17.2 Å². The Kier molecular flexibility index (Phi) is 4.94. The molecule has 0 aliphatic carbocycles. The van der Waals surface area contributed by atoms with Crippen LogP contribution >= 0.6 is 0 Å². The van der Waals surface area contributed by atoms with Gasteiger partial charge in [-0.05, 0) is 35.4 Å². The third kappa shape index (κ3) is 4.22. The van der Waals surface area contributed by atoms with Crippen LogP contribution in [0.2, 0.25) is 0 Å². The highest BCUT2D eigenvalue weighted by atomic mass is 19.4. The summed E-state index contributed by atoms with van der Waals surface area (Å²) in [6.45, 7) is 0.992. The molecule has 1 heterocycles. The van der Waals surface area contributed by atoms with Crippen LogP contribution in [0.15, 0.2) is 60.9 Å². The highest BCUT2D eigenvalue weighted by Crippen LogP contribution is 2.33. The van der Waals surface area contributed by atoms with Gasteiger partial charge in [0.05, 0.1) is 23.7 Å². The van der Waals surface area contributed by atoms with Gasteiger partial charge in [0.15, 0.2) is 0 Å². The van der Waals surface area contributed by atoms with E-state index >= 15 is 0 Å². The number of nitriles is 1. The first-order chi connectivity index (χ1) is 12.5. The van der Waals surface area contributed by atoms with E-state index in [1.807, 2.05) is 36.5 Å². The van der Waals surface area contributed by atoms with Crippen molar-refractivity contribution in [2.45, 2.75) is 19.3 Å². The highest BCUT2D eigenvalue weighted by molar-refractivity contribution is 5.53. The summed E-state index contributed by atoms with van der Waals surface area (Å²) in [6.07, 6.45) is -0.999. The second-order valence-electron chi connectivity index (χ2n) is 5.75. The number of anilines is 1. The molecule has 0 aliphatic heterocycles. The molecule has 0 radical (unpaired) electrons. The Labute approximate surface area is 148 Å². The Hall–Kier alpha value is -3.27. The van der Waals surface area contributed by atoms with Gasteiger partial charge < -0.3 is 5.32 Å². The van der Waals surface area contributed by atoms with Gasteiger partial charge in [0.1, 0.15) is 0 Å². The smallest absolute Gasteiger partial charge is 0.381 e. The van der Waals surface area contributed by atoms with E-state index in [9.17, 15) is 13.2 Å². The zero-order chi connectivity index (χ0) is 18.6. The normalized spacial score (nSPS) is 11.2. The summed E-state index contributed by atoms with van der Waals surface area (Å²) in [5.74, 6) is 0. The van der Waals surface area contributed by atoms with Gasteiger partial charge in [0.25, 0.3) is 0 Å². The van der Waals surface area contributed by atoms with E-state index in [-0.39, 0.29) is 5.56 Å². The van der Waals surface area contributed by atoms with E-state index in [4.69, 9.17) is 5.26 Å². The number of halogens is 3. The Bertz CT molecular complexity index is 925. The topological polar surface area (TPSA) is 53.6 Å². The molecule has 0 saturated carbocycles. The Morgan fingerprint density at radius 2 is 1.88 bits per heavy atom. The summed E-state index contributed by atoms with van der Waals surface area (Å²) in [5.41, 5.74) is 0.979. The largest absolute Gasteiger partial charge is 0.417 e. The van der Waals surface area contributed by atoms with E-state index in [1.165, 1.54) is 12.1 Å². The number of benzene rings is 2. The van der Waals surface area contributed by atoms with E-state index in [2.05, 4.69) is 10.4 Å². The average molecular weight is 356 g/mol. The van der Waals surface area contributed by atoms with Crippen LogP contribution in [-0.4, -0.2) is 9.78 Å². The predicted octanol–water partition coefficient (Wildman–Crippen LogP) is 4.43. The number of hydrogen-bond acceptors (Lipinski definition) is 3. The lowest BCUT2D eigenvalue weighted by atomic mass is 10.1. The molecule has 1 aromatic heterocycles. The van der Waals surface area contributed by atoms with Gasteiger partial charge in [0.2, 0.25) is 0 Å². The summed E-state index contributed by atoms with van der Waals surface area (Å²) < 4.78 is 40.9. The van der Waals surface area contributed by atoms with Crippen LogP contribution in [0, 0.1) is 11.3 Å². The maximum atomic E-state index is 13.0. The summed E-state index contributed by atoms with van der Waals surface area (Å²) >= 11 is 0. The Morgan fingerprint density at radius 3 is 2.58 bits per heavy atom. The molecule has 3 aromatic rings. The molecule has 0 amide bonds. The Morgan fingerprint density at radius 1 is 1.08 bits per heavy atom. The second-order valence-corrected chi connectivity index (χ2v) is 5.75. The quantitative estimate of drug-likeness (QED) is 0.736. The van der Waals surface area contributed by atoms with Crippen LogP contribution in [-0.2, 0) is 19.3 Å². The first-order valence-electron chi connectivity index (χ1n) is 7.86. The molecular weight excluding hydrogens is 341 g/mol. The van der Waals surface area contributed by atoms with Crippen molar-refractivity contribution in [2.24, 2.45) is 0 Å². The minimum atomic E-state index is -4.56. The molecule has 0 bridgehead atoms. The molecule has 3 rings (SSSR count). The van der Waals surface area contributed by atoms with Crippen LogP contribution in [0.1, 0.15) is 22.3 Å². The molecular formula is C19H15F3N4. The summed E-state index contributed by atoms with van der Waals surface area (Å²) in [5, 5.41) is 16.0. The van der Waals surface area contributed by atoms with Gasteiger partial charge in [-0.25, -0.2) is 0 Å². The highest BCUT2D eigenvalue weighted by Gasteiger charge is 2.33. The van der Waals surface area contributed by atoms with Crippen LogP contribution in [0.5, 0.6) is 0 Å². The van der Waals surface area contributed by atoms with Crippen LogP contribution in [0.25, 0.3) is 0 Å². The van der Waals surface area contributed by atoms with Crippen LogP contribution in [0.4, 0.5) is 18.9 Å². The number of aromatic nitrogens is 2. The van der Waals surface area contributed by atoms with Gasteiger partial charge in [-0.15, -0.1) is 0 Å². The zero-order valence-corrected chi connectivity index (χ0v) is 13.7. The van der Waals surface area contributed by atoms with Crippen molar-refractivity contribution in [1.82, 2.24) is 9.78 Å². The predicted molar refractivity (Wildman–Crippen MR) is 91.3 cm³/mol. The second kappa shape index (κ2) is 7.31. The standard InChI is InChI=1S/C19H15F3N4/c20-19(21,22)18-10-17(6-5-16(18)11-23)24-12-14-3-1-4-15(9-14)13-26-8-2-7-25-26/h1-10,24H,12-13H2. The van der Waals surface area contributed by atoms with Crippen molar-refractivity contribution in [3.05, 3.63) is 83.2 Å². The van der Waals surface area contributed by atoms with Crippen LogP contribution in [0.3, 0.4) is 0 Å². The van der Waals surface area contributed by atoms with Crippen molar-refractivity contribution >= 4 is 5.69 Å². The third-order valence-corrected chi connectivity index (χ3v) is 3.84. The van der Waals surface area contributed by atoms with Gasteiger partial charge in [-0.2, -0.15) is 23.5 Å². The number of rotatable bonds is 5. The fourth-order valence-corrected chi connectivity index (χ4v) is 2.61. The molecule has 2 aromatic carbocycles. The fourth-order valence-electron chi connectivity index (χ4n) is 2.61. The number of nitrogens with one attached hydrogen (secondary N) is 1. The number of nitrogens with zero attached hydrogens (tertiary/aromatic N) is 3. The van der Waals surface area contributed by atoms with Crippen molar-refractivity contribution in [1.29, 1.82) is 5.26 Å². The molecule has 7 heteroatoms. The number of hydrogen-bond donors (Lipinski definition) is 1. The van der Waals surface area contributed by atoms with E-state index < -0.39 is 11.7 Å². The molecule has 0 aliphatic rings. The summed E-state index contributed by atoms with van der Waals surface area (Å²) in [7, 11) is 0. The first-order valence-corrected chi connectivity index (χ1v) is 7.86. The van der Waals surface area contributed by atoms with Crippen molar-refractivity contribution < 1.29 is 13.2 Å². The Balaban J connectivity index is 1.72. The van der Waals surface area contributed by atoms with E-state index in [0.29, 0.717) is 18.8 Å². The SMILES string of the molecule is N#Cc1ccc(NCc2cccc(Cn3cccn3)c2)cc1C(F)(F)F. The van der Waals surface area contributed by atoms with Gasteiger partial charge in [0, 0.05) is 24.6 Å². The molecule has 0 spiro atoms. The minimum absolute atomic E-state index is 0.314. The first kappa shape index (κ1) is 17.5. The summed E-state index contributed by atoms with van der Waals surface area (Å²) in [6, 6.07) is 14.8. The molecule has 0 unspecified atom stereocenters. The molecule has 26 heavy (non-hydrogen) atoms. The maximum absolute atomic E-state index is 13.0. The lowest BCUT2D eigenvalue weighted by molar-refractivity contribution is -0.137. The lowest BCUT2D eigenvalue weighted by Crippen LogP contribution is -2.09. The minimum Gasteiger partial charge on any atom is -0.381 e. The maximum Gasteiger partial charge on any atom is 0.417 e. The molecule has 0 atom stereocenters. The van der Waals surface area contributed by atoms with Gasteiger partial charge >= 0.3 is 6.18 Å². The molecule has 132 valence electrons. The monoisotopic (exact) mass is 356 g/mol. The average Bonchev–Trinajstić information content (AvgIpc) is 3.12. The summed E-state index contributed by atoms with van der Waals surface area (Å²) in [4.78, 5) is 0. The van der Waals surface area contributed by atoms with Gasteiger partial charge in [-0.1, -0.05) is 24.3 Å². The van der Waals surface area contributed by atoms with Crippen molar-refractivity contribution in [2.75, 3.05) is 5.32 Å². The van der Waals surface area contributed by atoms with Crippen molar-refractivity contribution in [3.63, 3.8) is 0 Å².